The van der Waals surface area contributed by atoms with Crippen molar-refractivity contribution >= 4 is 58.7 Å². The maximum absolute atomic E-state index is 14.1. The van der Waals surface area contributed by atoms with E-state index >= 15 is 0 Å². The Morgan fingerprint density at radius 2 is 1.45 bits per heavy atom. The summed E-state index contributed by atoms with van der Waals surface area (Å²) >= 11 is 12.4. The van der Waals surface area contributed by atoms with Crippen molar-refractivity contribution in [2.45, 2.75) is 123 Å². The minimum atomic E-state index is -1.15. The zero-order chi connectivity index (χ0) is 33.7. The first-order valence-corrected chi connectivity index (χ1v) is 16.0. The molecule has 5 N–H and O–H groups in total. The van der Waals surface area contributed by atoms with Crippen molar-refractivity contribution in [3.05, 3.63) is 0 Å². The van der Waals surface area contributed by atoms with Crippen LogP contribution in [0.3, 0.4) is 0 Å². The van der Waals surface area contributed by atoms with E-state index in [9.17, 15) is 28.8 Å². The van der Waals surface area contributed by atoms with Crippen molar-refractivity contribution in [3.63, 3.8) is 0 Å². The molecule has 0 aromatic carbocycles. The fourth-order valence-electron chi connectivity index (χ4n) is 5.32. The van der Waals surface area contributed by atoms with Gasteiger partial charge in [0.1, 0.15) is 23.0 Å². The van der Waals surface area contributed by atoms with Crippen molar-refractivity contribution in [1.82, 2.24) is 20.9 Å². The first-order chi connectivity index (χ1) is 20.1. The van der Waals surface area contributed by atoms with Gasteiger partial charge < -0.3 is 31.3 Å². The van der Waals surface area contributed by atoms with Crippen molar-refractivity contribution < 1.29 is 33.5 Å². The van der Waals surface area contributed by atoms with Gasteiger partial charge in [-0.25, -0.2) is 9.59 Å². The Hall–Kier alpha value is -2.60. The van der Waals surface area contributed by atoms with Gasteiger partial charge in [0.05, 0.1) is 12.1 Å². The topological polar surface area (TPSA) is 177 Å². The molecule has 1 heterocycles. The molecule has 5 amide bonds. The summed E-state index contributed by atoms with van der Waals surface area (Å²) in [6.07, 6.45) is 2.73. The van der Waals surface area contributed by atoms with Crippen LogP contribution in [0, 0.1) is 22.7 Å². The smallest absolute Gasteiger partial charge is 0.329 e. The molecule has 250 valence electrons. The van der Waals surface area contributed by atoms with E-state index in [1.807, 2.05) is 0 Å². The lowest BCUT2D eigenvalue weighted by molar-refractivity contribution is -0.152. The molecule has 0 aromatic rings. The summed E-state index contributed by atoms with van der Waals surface area (Å²) in [4.78, 5) is 78.5. The van der Waals surface area contributed by atoms with E-state index in [1.165, 1.54) is 4.90 Å². The van der Waals surface area contributed by atoms with Crippen LogP contribution in [-0.2, 0) is 28.7 Å². The Bertz CT molecular complexity index is 1100. The van der Waals surface area contributed by atoms with Crippen LogP contribution in [0.2, 0.25) is 0 Å². The molecule has 5 atom stereocenters. The van der Waals surface area contributed by atoms with Crippen LogP contribution in [0.4, 0.5) is 4.79 Å². The first kappa shape index (κ1) is 37.6. The summed E-state index contributed by atoms with van der Waals surface area (Å²) in [5.41, 5.74) is 3.72. The Labute approximate surface area is 270 Å². The normalized spacial score (nSPS) is 21.2. The monoisotopic (exact) mass is 661 g/mol. The van der Waals surface area contributed by atoms with E-state index in [0.29, 0.717) is 0 Å². The fraction of sp³-hybridized carbons (Fsp3) is 0.800. The predicted octanol–water partition coefficient (Wildman–Crippen LogP) is 2.82. The Kier molecular flexibility index (Phi) is 12.9. The number of amides is 5. The summed E-state index contributed by atoms with van der Waals surface area (Å²) < 4.78 is 5.33. The van der Waals surface area contributed by atoms with Crippen molar-refractivity contribution in [1.29, 1.82) is 0 Å². The lowest BCUT2D eigenvalue weighted by Gasteiger charge is -2.37. The van der Waals surface area contributed by atoms with Gasteiger partial charge >= 0.3 is 12.0 Å². The minimum Gasteiger partial charge on any atom is -0.461 e. The molecule has 0 spiro atoms. The second-order valence-corrected chi connectivity index (χ2v) is 15.5. The fourth-order valence-corrected chi connectivity index (χ4v) is 5.69. The number of ketones is 1. The molecule has 2 aliphatic rings. The van der Waals surface area contributed by atoms with E-state index in [4.69, 9.17) is 33.7 Å². The average molecular weight is 663 g/mol. The highest BCUT2D eigenvalue weighted by atomic mass is 35.5. The van der Waals surface area contributed by atoms with Gasteiger partial charge in [-0.1, -0.05) is 60.8 Å². The van der Waals surface area contributed by atoms with Crippen LogP contribution in [-0.4, -0.2) is 82.1 Å². The number of Topliss-reactive ketones (excluding diaryl/α,β-unsaturated/α-hetero) is 1. The number of primary amides is 1. The first-order valence-electron chi connectivity index (χ1n) is 15.1. The van der Waals surface area contributed by atoms with Crippen molar-refractivity contribution in [2.75, 3.05) is 6.54 Å². The maximum Gasteiger partial charge on any atom is 0.329 e. The number of halogens is 2. The molecule has 12 nitrogen and oxygen atoms in total. The van der Waals surface area contributed by atoms with Gasteiger partial charge in [-0.05, 0) is 43.4 Å². The number of nitrogens with one attached hydrogen (secondary N) is 3. The number of rotatable bonds is 12. The van der Waals surface area contributed by atoms with Gasteiger partial charge in [0.25, 0.3) is 5.91 Å². The maximum atomic E-state index is 14.1. The molecule has 1 saturated carbocycles. The molecule has 0 aromatic heterocycles. The number of nitrogens with zero attached hydrogens (tertiary/aromatic N) is 1. The van der Waals surface area contributed by atoms with E-state index in [1.54, 1.807) is 55.4 Å². The number of nitrogens with two attached hydrogens (primary N) is 1. The Morgan fingerprint density at radius 3 is 1.89 bits per heavy atom. The molecule has 2 rings (SSSR count). The second-order valence-electron chi connectivity index (χ2n) is 14.4. The number of esters is 1. The third kappa shape index (κ3) is 10.2. The summed E-state index contributed by atoms with van der Waals surface area (Å²) in [5.74, 6) is -4.18. The number of carbonyl (C=O) groups excluding carboxylic acids is 6. The highest BCUT2D eigenvalue weighted by molar-refractivity contribution is 6.44. The number of likely N-dealkylation sites (tertiary alicyclic amines) is 1. The van der Waals surface area contributed by atoms with Crippen LogP contribution >= 0.6 is 23.2 Å². The molecule has 44 heavy (non-hydrogen) atoms. The van der Waals surface area contributed by atoms with Gasteiger partial charge in [-0.2, -0.15) is 0 Å². The SMILES string of the molecule is CC(C)OC(=O)C(NC(=O)N[C@H](C(=O)N1C[C@H](C(Cl)Cl)C[C@H]1C(=O)NC(CC1CCC1)C(=O)C(N)=O)C(C)(C)C)C(C)(C)C. The van der Waals surface area contributed by atoms with Gasteiger partial charge in [0.2, 0.25) is 17.6 Å². The van der Waals surface area contributed by atoms with E-state index in [2.05, 4.69) is 16.0 Å². The molecule has 0 bridgehead atoms. The molecule has 1 aliphatic heterocycles. The lowest BCUT2D eigenvalue weighted by atomic mass is 9.80. The molecule has 2 fully saturated rings. The quantitative estimate of drug-likeness (QED) is 0.141. The lowest BCUT2D eigenvalue weighted by Crippen LogP contribution is -2.62. The number of ether oxygens (including phenoxy) is 1. The van der Waals surface area contributed by atoms with E-state index < -0.39 is 87.4 Å². The Balaban J connectivity index is 2.32. The number of hydrogen-bond donors (Lipinski definition) is 4. The van der Waals surface area contributed by atoms with Crippen LogP contribution in [0.1, 0.15) is 87.5 Å². The number of carbonyl (C=O) groups is 6. The Morgan fingerprint density at radius 1 is 0.909 bits per heavy atom. The van der Waals surface area contributed by atoms with E-state index in [0.717, 1.165) is 19.3 Å². The van der Waals surface area contributed by atoms with Crippen molar-refractivity contribution in [2.24, 2.45) is 28.4 Å². The van der Waals surface area contributed by atoms with Crippen molar-refractivity contribution in [3.8, 4) is 0 Å². The van der Waals surface area contributed by atoms with Crippen LogP contribution in [0.15, 0.2) is 0 Å². The summed E-state index contributed by atoms with van der Waals surface area (Å²) in [7, 11) is 0. The zero-order valence-electron chi connectivity index (χ0n) is 27.0. The molecule has 0 radical (unpaired) electrons. The molecular formula is C30H49Cl2N5O7. The third-order valence-electron chi connectivity index (χ3n) is 8.06. The minimum absolute atomic E-state index is 0.0207. The summed E-state index contributed by atoms with van der Waals surface area (Å²) in [6, 6.07) is -5.11. The third-order valence-corrected chi connectivity index (χ3v) is 8.78. The average Bonchev–Trinajstić information content (AvgIpc) is 3.30. The van der Waals surface area contributed by atoms with Crippen LogP contribution in [0.25, 0.3) is 0 Å². The molecule has 1 saturated heterocycles. The highest BCUT2D eigenvalue weighted by Crippen LogP contribution is 2.34. The number of alkyl halides is 2. The van der Waals surface area contributed by atoms with Crippen LogP contribution < -0.4 is 21.7 Å². The zero-order valence-corrected chi connectivity index (χ0v) is 28.5. The van der Waals surface area contributed by atoms with E-state index in [-0.39, 0.29) is 25.3 Å². The highest BCUT2D eigenvalue weighted by Gasteiger charge is 2.47. The van der Waals surface area contributed by atoms with Gasteiger partial charge in [-0.15, -0.1) is 23.2 Å². The number of hydrogen-bond acceptors (Lipinski definition) is 7. The summed E-state index contributed by atoms with van der Waals surface area (Å²) in [6.45, 7) is 14.0. The van der Waals surface area contributed by atoms with Gasteiger partial charge in [-0.3, -0.25) is 19.2 Å². The molecule has 2 unspecified atom stereocenters. The predicted molar refractivity (Wildman–Crippen MR) is 167 cm³/mol. The van der Waals surface area contributed by atoms with Crippen LogP contribution in [0.5, 0.6) is 0 Å². The van der Waals surface area contributed by atoms with Gasteiger partial charge in [0, 0.05) is 12.5 Å². The largest absolute Gasteiger partial charge is 0.461 e. The van der Waals surface area contributed by atoms with Gasteiger partial charge in [0.15, 0.2) is 0 Å². The number of urea groups is 1. The molecular weight excluding hydrogens is 613 g/mol. The summed E-state index contributed by atoms with van der Waals surface area (Å²) in [5, 5.41) is 8.00. The molecule has 1 aliphatic carbocycles. The second kappa shape index (κ2) is 15.1. The molecule has 14 heteroatoms. The standard InChI is InChI=1S/C30H49Cl2N5O7/c1-15(2)44-27(42)22(30(6,7)8)36-28(43)35-21(29(3,4)5)26(41)37-14-17(23(31)32)13-19(37)25(40)34-18(20(38)24(33)39)12-16-10-9-11-16/h15-19,21-23H,9-14H2,1-8H3,(H2,33,39)(H,34,40)(H2,35,36,43)/t17-,18?,19+,21-,22?/m1/s1.